The average molecular weight is 439 g/mol. The Morgan fingerprint density at radius 1 is 0.656 bits per heavy atom. The normalized spacial score (nSPS) is 10.7. The van der Waals surface area contributed by atoms with Crippen LogP contribution in [0.1, 0.15) is 104 Å². The molecule has 0 aromatic heterocycles. The molecule has 0 aliphatic carbocycles. The number of esters is 2. The highest BCUT2D eigenvalue weighted by Crippen LogP contribution is 2.22. The summed E-state index contributed by atoms with van der Waals surface area (Å²) in [5, 5.41) is 0. The van der Waals surface area contributed by atoms with Gasteiger partial charge in [0.25, 0.3) is 0 Å². The zero-order chi connectivity index (χ0) is 23.0. The van der Waals surface area contributed by atoms with Crippen molar-refractivity contribution in [1.29, 1.82) is 0 Å². The van der Waals surface area contributed by atoms with Crippen molar-refractivity contribution in [1.82, 2.24) is 0 Å². The van der Waals surface area contributed by atoms with Gasteiger partial charge in [-0.2, -0.15) is 0 Å². The van der Waals surface area contributed by atoms with Gasteiger partial charge in [0.2, 0.25) is 0 Å². The molecule has 4 nitrogen and oxygen atoms in total. The number of benzene rings is 2. The zero-order valence-electron chi connectivity index (χ0n) is 19.7. The fourth-order valence-corrected chi connectivity index (χ4v) is 3.73. The third-order valence-corrected chi connectivity index (χ3v) is 5.54. The van der Waals surface area contributed by atoms with Crippen LogP contribution in [0.25, 0.3) is 0 Å². The van der Waals surface area contributed by atoms with Crippen molar-refractivity contribution in [2.24, 2.45) is 0 Å². The number of aryl methyl sites for hydroxylation is 1. The number of hydrogen-bond donors (Lipinski definition) is 0. The van der Waals surface area contributed by atoms with Crippen LogP contribution in [0.4, 0.5) is 0 Å². The summed E-state index contributed by atoms with van der Waals surface area (Å²) in [5.74, 6) is -0.472. The number of rotatable bonds is 15. The van der Waals surface area contributed by atoms with Crippen LogP contribution in [0.15, 0.2) is 48.5 Å². The molecule has 0 spiro atoms. The van der Waals surface area contributed by atoms with Crippen LogP contribution >= 0.6 is 0 Å². The lowest BCUT2D eigenvalue weighted by atomic mass is 10.1. The van der Waals surface area contributed by atoms with Crippen molar-refractivity contribution in [3.63, 3.8) is 0 Å². The van der Waals surface area contributed by atoms with E-state index in [1.165, 1.54) is 44.9 Å². The van der Waals surface area contributed by atoms with E-state index in [4.69, 9.17) is 9.47 Å². The van der Waals surface area contributed by atoms with Crippen LogP contribution in [0.2, 0.25) is 0 Å². The summed E-state index contributed by atoms with van der Waals surface area (Å²) in [6.07, 6.45) is 12.6. The van der Waals surface area contributed by atoms with E-state index < -0.39 is 11.9 Å². The first-order valence-corrected chi connectivity index (χ1v) is 12.2. The lowest BCUT2D eigenvalue weighted by Gasteiger charge is -2.12. The van der Waals surface area contributed by atoms with E-state index >= 15 is 0 Å². The van der Waals surface area contributed by atoms with Gasteiger partial charge in [-0.1, -0.05) is 102 Å². The Kier molecular flexibility index (Phi) is 12.2. The largest absolute Gasteiger partial charge is 0.462 e. The van der Waals surface area contributed by atoms with Gasteiger partial charge in [-0.25, -0.2) is 9.59 Å². The van der Waals surface area contributed by atoms with Gasteiger partial charge >= 0.3 is 11.9 Å². The van der Waals surface area contributed by atoms with E-state index in [1.807, 2.05) is 18.2 Å². The number of para-hydroxylation sites is 1. The Balaban J connectivity index is 1.82. The standard InChI is InChI=1S/C28H38O4/c1-3-5-6-7-8-9-10-11-16-22-31-27(29)24-19-13-14-20-25(24)28(30)32-26-21-15-12-18-23(26)17-4-2/h12-15,18-21H,3-11,16-17,22H2,1-2H3. The van der Waals surface area contributed by atoms with E-state index in [-0.39, 0.29) is 11.1 Å². The minimum Gasteiger partial charge on any atom is -0.462 e. The fourth-order valence-electron chi connectivity index (χ4n) is 3.73. The van der Waals surface area contributed by atoms with Gasteiger partial charge in [0, 0.05) is 0 Å². The molecule has 0 atom stereocenters. The third-order valence-electron chi connectivity index (χ3n) is 5.54. The maximum atomic E-state index is 12.8. The zero-order valence-corrected chi connectivity index (χ0v) is 19.7. The Labute approximate surface area is 193 Å². The quantitative estimate of drug-likeness (QED) is 0.164. The molecule has 0 saturated heterocycles. The Morgan fingerprint density at radius 3 is 1.88 bits per heavy atom. The second kappa shape index (κ2) is 15.2. The molecular weight excluding hydrogens is 400 g/mol. The Bertz CT molecular complexity index is 828. The first-order chi connectivity index (χ1) is 15.7. The van der Waals surface area contributed by atoms with Crippen LogP contribution in [-0.4, -0.2) is 18.5 Å². The van der Waals surface area contributed by atoms with Crippen molar-refractivity contribution in [2.45, 2.75) is 84.5 Å². The van der Waals surface area contributed by atoms with Crippen LogP contribution in [-0.2, 0) is 11.2 Å². The summed E-state index contributed by atoms with van der Waals surface area (Å²) in [7, 11) is 0. The molecule has 0 fully saturated rings. The van der Waals surface area contributed by atoms with Crippen LogP contribution in [0.3, 0.4) is 0 Å². The highest BCUT2D eigenvalue weighted by molar-refractivity contribution is 6.03. The Hall–Kier alpha value is -2.62. The first-order valence-electron chi connectivity index (χ1n) is 12.2. The monoisotopic (exact) mass is 438 g/mol. The van der Waals surface area contributed by atoms with Gasteiger partial charge in [-0.15, -0.1) is 0 Å². The predicted molar refractivity (Wildman–Crippen MR) is 129 cm³/mol. The van der Waals surface area contributed by atoms with Gasteiger partial charge in [0.15, 0.2) is 0 Å². The number of unbranched alkanes of at least 4 members (excludes halogenated alkanes) is 8. The van der Waals surface area contributed by atoms with E-state index in [2.05, 4.69) is 13.8 Å². The molecule has 2 rings (SSSR count). The lowest BCUT2D eigenvalue weighted by molar-refractivity contribution is 0.0489. The van der Waals surface area contributed by atoms with Crippen molar-refractivity contribution in [3.05, 3.63) is 65.2 Å². The number of carbonyl (C=O) groups excluding carboxylic acids is 2. The number of carbonyl (C=O) groups is 2. The maximum Gasteiger partial charge on any atom is 0.344 e. The molecule has 0 amide bonds. The number of hydrogen-bond acceptors (Lipinski definition) is 4. The molecular formula is C28H38O4. The first kappa shape index (κ1) is 25.6. The molecule has 4 heteroatoms. The molecule has 0 aliphatic heterocycles. The summed E-state index contributed by atoms with van der Waals surface area (Å²) < 4.78 is 11.1. The van der Waals surface area contributed by atoms with E-state index in [0.717, 1.165) is 31.2 Å². The Morgan fingerprint density at radius 2 is 1.22 bits per heavy atom. The molecule has 0 radical (unpaired) electrons. The summed E-state index contributed by atoms with van der Waals surface area (Å²) in [6, 6.07) is 14.2. The van der Waals surface area contributed by atoms with Crippen molar-refractivity contribution >= 4 is 11.9 Å². The summed E-state index contributed by atoms with van der Waals surface area (Å²) in [6.45, 7) is 4.68. The highest BCUT2D eigenvalue weighted by Gasteiger charge is 2.20. The minimum atomic E-state index is -0.538. The van der Waals surface area contributed by atoms with Crippen molar-refractivity contribution in [2.75, 3.05) is 6.61 Å². The van der Waals surface area contributed by atoms with Crippen LogP contribution in [0.5, 0.6) is 5.75 Å². The van der Waals surface area contributed by atoms with Gasteiger partial charge < -0.3 is 9.47 Å². The molecule has 0 bridgehead atoms. The van der Waals surface area contributed by atoms with Crippen molar-refractivity contribution < 1.29 is 19.1 Å². The fraction of sp³-hybridized carbons (Fsp3) is 0.500. The van der Waals surface area contributed by atoms with E-state index in [0.29, 0.717) is 12.4 Å². The molecule has 0 unspecified atom stereocenters. The summed E-state index contributed by atoms with van der Waals surface area (Å²) >= 11 is 0. The smallest absolute Gasteiger partial charge is 0.344 e. The number of ether oxygens (including phenoxy) is 2. The molecule has 0 N–H and O–H groups in total. The summed E-state index contributed by atoms with van der Waals surface area (Å²) in [5.41, 5.74) is 1.46. The topological polar surface area (TPSA) is 52.6 Å². The van der Waals surface area contributed by atoms with Crippen molar-refractivity contribution in [3.8, 4) is 5.75 Å². The van der Waals surface area contributed by atoms with Gasteiger partial charge in [0.05, 0.1) is 17.7 Å². The lowest BCUT2D eigenvalue weighted by Crippen LogP contribution is -2.16. The minimum absolute atomic E-state index is 0.232. The maximum absolute atomic E-state index is 12.8. The average Bonchev–Trinajstić information content (AvgIpc) is 2.81. The predicted octanol–water partition coefficient (Wildman–Crippen LogP) is 7.55. The molecule has 0 saturated carbocycles. The SMILES string of the molecule is CCCCCCCCCCCOC(=O)c1ccccc1C(=O)Oc1ccccc1CCC. The van der Waals surface area contributed by atoms with Gasteiger partial charge in [-0.05, 0) is 36.6 Å². The van der Waals surface area contributed by atoms with Crippen LogP contribution in [0, 0.1) is 0 Å². The third kappa shape index (κ3) is 8.86. The molecule has 174 valence electrons. The van der Waals surface area contributed by atoms with Gasteiger partial charge in [0.1, 0.15) is 5.75 Å². The molecule has 0 heterocycles. The van der Waals surface area contributed by atoms with E-state index in [9.17, 15) is 9.59 Å². The second-order valence-electron chi connectivity index (χ2n) is 8.26. The molecule has 2 aromatic carbocycles. The molecule has 0 aliphatic rings. The van der Waals surface area contributed by atoms with Crippen LogP contribution < -0.4 is 4.74 Å². The van der Waals surface area contributed by atoms with E-state index in [1.54, 1.807) is 30.3 Å². The molecule has 2 aromatic rings. The molecule has 32 heavy (non-hydrogen) atoms. The highest BCUT2D eigenvalue weighted by atomic mass is 16.5. The second-order valence-corrected chi connectivity index (χ2v) is 8.26. The summed E-state index contributed by atoms with van der Waals surface area (Å²) in [4.78, 5) is 25.4. The van der Waals surface area contributed by atoms with Gasteiger partial charge in [-0.3, -0.25) is 0 Å².